The van der Waals surface area contributed by atoms with Crippen LogP contribution in [0.15, 0.2) is 115 Å². The summed E-state index contributed by atoms with van der Waals surface area (Å²) >= 11 is 9.72. The van der Waals surface area contributed by atoms with Crippen LogP contribution in [0.5, 0.6) is 0 Å². The van der Waals surface area contributed by atoms with Crippen molar-refractivity contribution < 1.29 is 9.59 Å². The number of rotatable bonds is 6. The third-order valence-corrected chi connectivity index (χ3v) is 10.7. The molecular weight excluding hydrogens is 674 g/mol. The molecule has 5 aromatic rings. The van der Waals surface area contributed by atoms with Gasteiger partial charge in [0.2, 0.25) is 5.13 Å². The Morgan fingerprint density at radius 1 is 0.872 bits per heavy atom. The molecule has 4 heterocycles. The predicted molar refractivity (Wildman–Crippen MR) is 192 cm³/mol. The predicted octanol–water partition coefficient (Wildman–Crippen LogP) is 7.35. The van der Waals surface area contributed by atoms with E-state index in [1.165, 1.54) is 34.9 Å². The quantitative estimate of drug-likeness (QED) is 0.171. The molecule has 2 aromatic heterocycles. The van der Waals surface area contributed by atoms with E-state index in [9.17, 15) is 14.4 Å². The van der Waals surface area contributed by atoms with E-state index in [2.05, 4.69) is 5.10 Å². The van der Waals surface area contributed by atoms with E-state index in [0.29, 0.717) is 47.9 Å². The third-order valence-electron chi connectivity index (χ3n) is 7.43. The minimum absolute atomic E-state index is 0.189. The highest BCUT2D eigenvalue weighted by Gasteiger charge is 2.41. The van der Waals surface area contributed by atoms with Gasteiger partial charge < -0.3 is 0 Å². The molecule has 47 heavy (non-hydrogen) atoms. The number of ketones is 1. The van der Waals surface area contributed by atoms with Crippen LogP contribution >= 0.6 is 46.5 Å². The van der Waals surface area contributed by atoms with Crippen LogP contribution in [0.3, 0.4) is 0 Å². The number of nitrogens with zero attached hydrogens (tertiary/aromatic N) is 7. The zero-order chi connectivity index (χ0) is 32.8. The number of carbonyl (C=O) groups is 2. The molecule has 2 aliphatic rings. The summed E-state index contributed by atoms with van der Waals surface area (Å²) in [5.74, 6) is -0.533. The molecule has 0 saturated carbocycles. The minimum Gasteiger partial charge on any atom is -0.292 e. The molecular formula is C33H24ClN7O3S3. The van der Waals surface area contributed by atoms with Gasteiger partial charge in [-0.05, 0) is 79.0 Å². The number of thioether (sulfide) groups is 2. The number of aromatic nitrogens is 3. The van der Waals surface area contributed by atoms with Crippen molar-refractivity contribution in [3.8, 4) is 16.9 Å². The molecule has 0 unspecified atom stereocenters. The second kappa shape index (κ2) is 12.5. The topological polar surface area (TPSA) is 105 Å². The fourth-order valence-corrected chi connectivity index (χ4v) is 8.01. The molecule has 2 aliphatic heterocycles. The first-order valence-electron chi connectivity index (χ1n) is 14.2. The number of hydrogen-bond acceptors (Lipinski definition) is 10. The first-order chi connectivity index (χ1) is 22.7. The molecule has 0 N–H and O–H groups in total. The summed E-state index contributed by atoms with van der Waals surface area (Å²) in [6.45, 7) is 3.32. The fraction of sp³-hybridized carbons (Fsp3) is 0.0909. The largest absolute Gasteiger partial charge is 0.292 e. The number of benzene rings is 3. The van der Waals surface area contributed by atoms with Gasteiger partial charge in [0.25, 0.3) is 11.5 Å². The first-order valence-corrected chi connectivity index (χ1v) is 17.1. The van der Waals surface area contributed by atoms with Gasteiger partial charge in [-0.3, -0.25) is 24.0 Å². The number of hydrogen-bond donors (Lipinski definition) is 0. The van der Waals surface area contributed by atoms with E-state index in [1.54, 1.807) is 39.3 Å². The van der Waals surface area contributed by atoms with Gasteiger partial charge in [0.1, 0.15) is 9.93 Å². The molecule has 10 nitrogen and oxygen atoms in total. The molecule has 1 saturated heterocycles. The zero-order valence-corrected chi connectivity index (χ0v) is 28.3. The van der Waals surface area contributed by atoms with Gasteiger partial charge in [0.05, 0.1) is 28.3 Å². The maximum Gasteiger partial charge on any atom is 0.281 e. The number of amidine groups is 1. The standard InChI is InChI=1S/C33H24ClN7O3S3/c1-19-26(29(43)41(38(19)3)24-12-8-5-9-13-24)25-18-45-32(35-25)36-33-39(22-10-6-4-7-11-22)30(44)27(46-33)31-40(37-28(47-31)20(2)42)23-16-14-21(34)15-17-23/h4-18H,1-3H3/b31-27+,36-33?. The second-order valence-electron chi connectivity index (χ2n) is 10.4. The van der Waals surface area contributed by atoms with Crippen molar-refractivity contribution in [2.75, 3.05) is 9.91 Å². The van der Waals surface area contributed by atoms with Gasteiger partial charge in [-0.1, -0.05) is 48.0 Å². The Kier molecular flexibility index (Phi) is 8.22. The van der Waals surface area contributed by atoms with Gasteiger partial charge in [-0.25, -0.2) is 14.7 Å². The van der Waals surface area contributed by atoms with Crippen molar-refractivity contribution in [2.24, 2.45) is 17.1 Å². The average Bonchev–Trinajstić information content (AvgIpc) is 3.84. The van der Waals surface area contributed by atoms with E-state index in [0.717, 1.165) is 23.1 Å². The number of thiazole rings is 1. The number of carbonyl (C=O) groups excluding carboxylic acids is 2. The van der Waals surface area contributed by atoms with Crippen LogP contribution in [-0.2, 0) is 16.6 Å². The Labute approximate surface area is 286 Å². The number of amides is 1. The normalized spacial score (nSPS) is 17.2. The number of aliphatic imine (C=N–C) groups is 1. The number of anilines is 2. The Morgan fingerprint density at radius 3 is 2.19 bits per heavy atom. The summed E-state index contributed by atoms with van der Waals surface area (Å²) in [4.78, 5) is 51.7. The maximum atomic E-state index is 14.2. The molecule has 7 rings (SSSR count). The molecule has 0 spiro atoms. The van der Waals surface area contributed by atoms with Crippen molar-refractivity contribution in [3.05, 3.63) is 121 Å². The van der Waals surface area contributed by atoms with Crippen molar-refractivity contribution in [1.29, 1.82) is 0 Å². The lowest BCUT2D eigenvalue weighted by Gasteiger charge is -2.17. The molecule has 1 fully saturated rings. The third kappa shape index (κ3) is 5.65. The molecule has 3 aromatic carbocycles. The Balaban J connectivity index is 1.31. The lowest BCUT2D eigenvalue weighted by molar-refractivity contribution is -0.113. The highest BCUT2D eigenvalue weighted by molar-refractivity contribution is 8.22. The molecule has 0 bridgehead atoms. The van der Waals surface area contributed by atoms with Crippen molar-refractivity contribution >= 4 is 84.9 Å². The monoisotopic (exact) mass is 697 g/mol. The summed E-state index contributed by atoms with van der Waals surface area (Å²) in [6, 6.07) is 25.6. The molecule has 0 atom stereocenters. The van der Waals surface area contributed by atoms with Crippen LogP contribution in [0.2, 0.25) is 5.02 Å². The van der Waals surface area contributed by atoms with Crippen LogP contribution in [-0.4, -0.2) is 36.2 Å². The Bertz CT molecular complexity index is 2210. The lowest BCUT2D eigenvalue weighted by atomic mass is 10.2. The first kappa shape index (κ1) is 30.9. The van der Waals surface area contributed by atoms with Gasteiger partial charge >= 0.3 is 0 Å². The molecule has 1 amide bonds. The second-order valence-corrected chi connectivity index (χ2v) is 13.6. The van der Waals surface area contributed by atoms with Crippen molar-refractivity contribution in [1.82, 2.24) is 14.3 Å². The van der Waals surface area contributed by atoms with E-state index in [-0.39, 0.29) is 22.3 Å². The van der Waals surface area contributed by atoms with E-state index in [4.69, 9.17) is 21.6 Å². The van der Waals surface area contributed by atoms with Crippen LogP contribution in [0, 0.1) is 6.92 Å². The van der Waals surface area contributed by atoms with Crippen LogP contribution in [0.1, 0.15) is 12.6 Å². The lowest BCUT2D eigenvalue weighted by Crippen LogP contribution is -2.29. The fourth-order valence-electron chi connectivity index (χ4n) is 5.09. The van der Waals surface area contributed by atoms with E-state index >= 15 is 0 Å². The van der Waals surface area contributed by atoms with Crippen LogP contribution < -0.4 is 15.5 Å². The summed E-state index contributed by atoms with van der Waals surface area (Å²) in [7, 11) is 1.84. The molecule has 14 heteroatoms. The van der Waals surface area contributed by atoms with Crippen LogP contribution in [0.25, 0.3) is 16.9 Å². The summed E-state index contributed by atoms with van der Waals surface area (Å²) in [6.07, 6.45) is 0. The van der Waals surface area contributed by atoms with Gasteiger partial charge in [-0.2, -0.15) is 10.1 Å². The smallest absolute Gasteiger partial charge is 0.281 e. The highest BCUT2D eigenvalue weighted by atomic mass is 35.5. The number of para-hydroxylation sites is 2. The van der Waals surface area contributed by atoms with Gasteiger partial charge in [0, 0.05) is 30.1 Å². The van der Waals surface area contributed by atoms with Gasteiger partial charge in [-0.15, -0.1) is 11.3 Å². The summed E-state index contributed by atoms with van der Waals surface area (Å²) in [5, 5.41) is 9.97. The minimum atomic E-state index is -0.317. The molecule has 234 valence electrons. The molecule has 0 radical (unpaired) electrons. The van der Waals surface area contributed by atoms with E-state index in [1.807, 2.05) is 79.3 Å². The van der Waals surface area contributed by atoms with Crippen molar-refractivity contribution in [2.45, 2.75) is 13.8 Å². The number of hydrazone groups is 1. The SMILES string of the molecule is CC(=O)C1=NN(c2ccc(Cl)cc2)/C(=C2\SC(=Nc3nc(-c4c(C)n(C)n(-c5ccccc5)c4=O)cs3)N(c3ccccc3)C2=O)S1. The summed E-state index contributed by atoms with van der Waals surface area (Å²) < 4.78 is 3.42. The Hall–Kier alpha value is -4.69. The maximum absolute atomic E-state index is 14.2. The van der Waals surface area contributed by atoms with E-state index < -0.39 is 0 Å². The van der Waals surface area contributed by atoms with Gasteiger partial charge in [0.15, 0.2) is 16.0 Å². The summed E-state index contributed by atoms with van der Waals surface area (Å²) in [5.41, 5.74) is 3.57. The van der Waals surface area contributed by atoms with Crippen molar-refractivity contribution in [3.63, 3.8) is 0 Å². The zero-order valence-electron chi connectivity index (χ0n) is 25.1. The van der Waals surface area contributed by atoms with Crippen LogP contribution in [0.4, 0.5) is 16.5 Å². The Morgan fingerprint density at radius 2 is 1.53 bits per heavy atom. The average molecular weight is 698 g/mol. The molecule has 0 aliphatic carbocycles. The highest BCUT2D eigenvalue weighted by Crippen LogP contribution is 2.46. The number of halogens is 1. The number of Topliss-reactive ketones (excluding diaryl/α,β-unsaturated/α-hetero) is 1.